The van der Waals surface area contributed by atoms with Crippen molar-refractivity contribution in [3.8, 4) is 0 Å². The molecule has 0 aliphatic carbocycles. The van der Waals surface area contributed by atoms with Gasteiger partial charge in [0.2, 0.25) is 0 Å². The Bertz CT molecular complexity index is 584. The summed E-state index contributed by atoms with van der Waals surface area (Å²) in [6.45, 7) is 0. The van der Waals surface area contributed by atoms with Crippen molar-refractivity contribution in [2.75, 3.05) is 23.0 Å². The van der Waals surface area contributed by atoms with Gasteiger partial charge in [-0.15, -0.1) is 0 Å². The summed E-state index contributed by atoms with van der Waals surface area (Å²) in [5.74, 6) is 5.70. The molecule has 4 rings (SSSR count). The molecule has 4 aliphatic rings. The fourth-order valence-corrected chi connectivity index (χ4v) is 21.0. The predicted molar refractivity (Wildman–Crippen MR) is 158 cm³/mol. The Kier molecular flexibility index (Phi) is 13.8. The molecule has 4 atom stereocenters. The van der Waals surface area contributed by atoms with Crippen molar-refractivity contribution in [3.05, 3.63) is 0 Å². The van der Waals surface area contributed by atoms with E-state index in [0.29, 0.717) is 0 Å². The number of thioether (sulfide) groups is 4. The summed E-state index contributed by atoms with van der Waals surface area (Å²) in [7, 11) is 0. The molecule has 0 bridgehead atoms. The Morgan fingerprint density at radius 2 is 0.774 bits per heavy atom. The van der Waals surface area contributed by atoms with Crippen LogP contribution in [0, 0.1) is 0 Å². The third-order valence-electron chi connectivity index (χ3n) is 5.64. The zero-order valence-electron chi connectivity index (χ0n) is 17.6. The number of hydrogen-bond donors (Lipinski definition) is 0. The van der Waals surface area contributed by atoms with Gasteiger partial charge in [-0.05, 0) is 0 Å². The molecule has 0 radical (unpaired) electrons. The second-order valence-electron chi connectivity index (χ2n) is 8.99. The third-order valence-corrected chi connectivity index (χ3v) is 17.4. The molecule has 172 valence electrons. The van der Waals surface area contributed by atoms with Gasteiger partial charge in [-0.1, -0.05) is 0 Å². The Hall–Kier alpha value is 4.83. The summed E-state index contributed by atoms with van der Waals surface area (Å²) in [6.07, 6.45) is 11.5. The first kappa shape index (κ1) is 28.8. The molecule has 9 heteroatoms. The standard InChI is InChI=1S/C22H30S4Te5/c27-17(1-13-9-23-13)5-21(6-18(28)2-14-10-24-14)31-22(7-19(29)3-15-11-25-15)8-20(30)4-16-12-26-16/h13-16,21-22H,1-12H2. The first-order valence-corrected chi connectivity index (χ1v) is 22.7. The molecule has 0 spiro atoms. The third kappa shape index (κ3) is 13.4. The first-order valence-electron chi connectivity index (χ1n) is 11.1. The zero-order valence-corrected chi connectivity index (χ0v) is 32.5. The molecule has 0 saturated carbocycles. The maximum absolute atomic E-state index is 2.41. The number of hydrogen-bond acceptors (Lipinski definition) is 4. The van der Waals surface area contributed by atoms with Crippen molar-refractivity contribution in [1.29, 1.82) is 0 Å². The van der Waals surface area contributed by atoms with E-state index in [0.717, 1.165) is 28.9 Å². The summed E-state index contributed by atoms with van der Waals surface area (Å²) >= 11 is 18.4. The SMILES string of the molecule is [Te]=C(CC1CS1)CC(CC(=[Te])CC1CS1)[Te]C(CC(=[Te])CC1CS1)CC(=[Te])CC1CS1. The van der Waals surface area contributed by atoms with Gasteiger partial charge in [-0.3, -0.25) is 0 Å². The first-order chi connectivity index (χ1) is 14.9. The Morgan fingerprint density at radius 3 is 0.968 bits per heavy atom. The number of rotatable bonds is 18. The van der Waals surface area contributed by atoms with Crippen LogP contribution in [0.15, 0.2) is 0 Å². The monoisotopic (exact) mass is 1070 g/mol. The molecule has 4 heterocycles. The molecule has 0 amide bonds. The van der Waals surface area contributed by atoms with E-state index >= 15 is 0 Å². The zero-order chi connectivity index (χ0) is 21.8. The van der Waals surface area contributed by atoms with Gasteiger partial charge in [-0.25, -0.2) is 0 Å². The normalized spacial score (nSPS) is 29.7. The van der Waals surface area contributed by atoms with E-state index in [-0.39, 0.29) is 20.9 Å². The second kappa shape index (κ2) is 14.8. The Balaban J connectivity index is 1.34. The van der Waals surface area contributed by atoms with E-state index in [1.165, 1.54) is 74.4 Å². The van der Waals surface area contributed by atoms with Crippen molar-refractivity contribution < 1.29 is 0 Å². The van der Waals surface area contributed by atoms with Gasteiger partial charge in [0.15, 0.2) is 0 Å². The Morgan fingerprint density at radius 1 is 0.548 bits per heavy atom. The summed E-state index contributed by atoms with van der Waals surface area (Å²) in [5.41, 5.74) is 0. The van der Waals surface area contributed by atoms with E-state index < -0.39 is 0 Å². The molecular weight excluding hydrogens is 1030 g/mol. The predicted octanol–water partition coefficient (Wildman–Crippen LogP) is 3.21. The molecule has 0 nitrogen and oxygen atoms in total. The molecular formula is C22H30S4Te5. The molecule has 0 aromatic heterocycles. The van der Waals surface area contributed by atoms with Crippen LogP contribution in [-0.4, -0.2) is 166 Å². The molecule has 4 aliphatic heterocycles. The van der Waals surface area contributed by atoms with Gasteiger partial charge in [0.1, 0.15) is 0 Å². The van der Waals surface area contributed by atoms with Crippen LogP contribution < -0.4 is 0 Å². The van der Waals surface area contributed by atoms with Crippen molar-refractivity contribution >= 4 is 169 Å². The van der Waals surface area contributed by atoms with Crippen LogP contribution in [-0.2, 0) is 0 Å². The van der Waals surface area contributed by atoms with Crippen molar-refractivity contribution in [1.82, 2.24) is 0 Å². The van der Waals surface area contributed by atoms with Gasteiger partial charge >= 0.3 is 273 Å². The quantitative estimate of drug-likeness (QED) is 0.153. The molecule has 4 fully saturated rings. The molecule has 4 saturated heterocycles. The van der Waals surface area contributed by atoms with E-state index in [1.54, 1.807) is 0 Å². The average Bonchev–Trinajstić information content (AvgIpc) is 3.47. The minimum atomic E-state index is 0.00919. The second-order valence-corrected chi connectivity index (χ2v) is 25.5. The van der Waals surface area contributed by atoms with E-state index in [2.05, 4.69) is 134 Å². The van der Waals surface area contributed by atoms with Crippen LogP contribution in [0.3, 0.4) is 0 Å². The molecule has 0 N–H and O–H groups in total. The Labute approximate surface area is 268 Å². The van der Waals surface area contributed by atoms with Crippen LogP contribution in [0.25, 0.3) is 0 Å². The van der Waals surface area contributed by atoms with Crippen LogP contribution in [0.4, 0.5) is 0 Å². The van der Waals surface area contributed by atoms with Crippen molar-refractivity contribution in [2.24, 2.45) is 0 Å². The van der Waals surface area contributed by atoms with Gasteiger partial charge in [-0.2, -0.15) is 0 Å². The van der Waals surface area contributed by atoms with E-state index in [1.807, 2.05) is 14.2 Å². The van der Waals surface area contributed by atoms with Gasteiger partial charge in [0.05, 0.1) is 0 Å². The van der Waals surface area contributed by atoms with Crippen LogP contribution in [0.1, 0.15) is 51.4 Å². The molecule has 4 unspecified atom stereocenters. The fourth-order valence-electron chi connectivity index (χ4n) is 3.72. The van der Waals surface area contributed by atoms with Crippen LogP contribution in [0.5, 0.6) is 0 Å². The molecule has 0 aromatic rings. The topological polar surface area (TPSA) is 0 Å². The average molecular weight is 1060 g/mol. The van der Waals surface area contributed by atoms with Gasteiger partial charge in [0, 0.05) is 0 Å². The maximum atomic E-state index is 2.41. The summed E-state index contributed by atoms with van der Waals surface area (Å²) in [5, 5.41) is 3.92. The minimum absolute atomic E-state index is 0.00919. The van der Waals surface area contributed by atoms with Gasteiger partial charge in [0.25, 0.3) is 0 Å². The van der Waals surface area contributed by atoms with Crippen LogP contribution >= 0.6 is 47.0 Å². The van der Waals surface area contributed by atoms with Crippen molar-refractivity contribution in [3.63, 3.8) is 0 Å². The summed E-state index contributed by atoms with van der Waals surface area (Å²) in [6, 6.07) is 0. The summed E-state index contributed by atoms with van der Waals surface area (Å²) < 4.78 is 9.37. The summed E-state index contributed by atoms with van der Waals surface area (Å²) in [4.78, 5) is 0. The van der Waals surface area contributed by atoms with E-state index in [9.17, 15) is 0 Å². The van der Waals surface area contributed by atoms with Crippen LogP contribution in [0.2, 0.25) is 7.93 Å². The van der Waals surface area contributed by atoms with Gasteiger partial charge < -0.3 is 0 Å². The van der Waals surface area contributed by atoms with Crippen molar-refractivity contribution in [2.45, 2.75) is 80.3 Å². The molecule has 0 aromatic carbocycles. The molecule has 31 heavy (non-hydrogen) atoms. The van der Waals surface area contributed by atoms with E-state index in [4.69, 9.17) is 0 Å². The fraction of sp³-hybridized carbons (Fsp3) is 0.818.